The van der Waals surface area contributed by atoms with Crippen molar-refractivity contribution < 1.29 is 45.6 Å². The number of aryl methyl sites for hydroxylation is 2. The van der Waals surface area contributed by atoms with Crippen LogP contribution in [0.25, 0.3) is 0 Å². The van der Waals surface area contributed by atoms with Gasteiger partial charge in [-0.2, -0.15) is 8.42 Å². The molecule has 10 nitrogen and oxygen atoms in total. The molecule has 0 unspecified atom stereocenters. The summed E-state index contributed by atoms with van der Waals surface area (Å²) in [5.41, 5.74) is 1.87. The standard InChI is InChI=1S/2C20H26O5S.Ca/c2*1-2-3-4-5-6-7-9-16-12-17(21)14-19(13-16)25-18-10-8-11-20(15-18)26(22,23)24;/h2*8,10-15,21H,2-7,9H2,1H3,(H,22,23,24);/q;;+2/p-2. The van der Waals surface area contributed by atoms with E-state index in [0.717, 1.165) is 55.7 Å². The number of ether oxygens (including phenoxy) is 2. The summed E-state index contributed by atoms with van der Waals surface area (Å²) in [6.45, 7) is 4.38. The zero-order valence-corrected chi connectivity index (χ0v) is 34.5. The molecule has 2 N–H and O–H groups in total. The summed E-state index contributed by atoms with van der Waals surface area (Å²) < 4.78 is 76.1. The third-order valence-corrected chi connectivity index (χ3v) is 9.88. The van der Waals surface area contributed by atoms with Gasteiger partial charge in [0.2, 0.25) is 0 Å². The van der Waals surface area contributed by atoms with Crippen molar-refractivity contribution in [2.75, 3.05) is 0 Å². The number of phenols is 1. The van der Waals surface area contributed by atoms with Crippen LogP contribution < -0.4 is 14.6 Å². The van der Waals surface area contributed by atoms with Gasteiger partial charge in [0.15, 0.2) is 0 Å². The van der Waals surface area contributed by atoms with Crippen molar-refractivity contribution in [3.8, 4) is 34.5 Å². The molecule has 4 aromatic rings. The van der Waals surface area contributed by atoms with Gasteiger partial charge in [-0.3, -0.25) is 4.55 Å². The van der Waals surface area contributed by atoms with Gasteiger partial charge in [0.1, 0.15) is 38.9 Å². The molecule has 0 saturated carbocycles. The van der Waals surface area contributed by atoms with Crippen molar-refractivity contribution in [1.29, 1.82) is 0 Å². The van der Waals surface area contributed by atoms with E-state index in [1.165, 1.54) is 93.8 Å². The van der Waals surface area contributed by atoms with Gasteiger partial charge in [0.05, 0.1) is 9.79 Å². The van der Waals surface area contributed by atoms with E-state index in [-0.39, 0.29) is 70.5 Å². The summed E-state index contributed by atoms with van der Waals surface area (Å²) in [5, 5.41) is 21.8. The molecule has 0 radical (unpaired) electrons. The largest absolute Gasteiger partial charge is 2.00 e. The smallest absolute Gasteiger partial charge is 0.872 e. The molecular formula is C40H50CaO10S2. The van der Waals surface area contributed by atoms with Crippen LogP contribution in [0.1, 0.15) is 102 Å². The Morgan fingerprint density at radius 2 is 1.02 bits per heavy atom. The van der Waals surface area contributed by atoms with Gasteiger partial charge in [-0.1, -0.05) is 96.3 Å². The Kier molecular flexibility index (Phi) is 20.8. The summed E-state index contributed by atoms with van der Waals surface area (Å²) in [7, 11) is -8.83. The van der Waals surface area contributed by atoms with Crippen LogP contribution in [0.3, 0.4) is 0 Å². The molecule has 53 heavy (non-hydrogen) atoms. The van der Waals surface area contributed by atoms with E-state index in [4.69, 9.17) is 14.0 Å². The summed E-state index contributed by atoms with van der Waals surface area (Å²) in [6, 6.07) is 20.7. The number of aromatic hydroxyl groups is 1. The molecule has 0 heterocycles. The van der Waals surface area contributed by atoms with Crippen LogP contribution in [0.15, 0.2) is 94.7 Å². The van der Waals surface area contributed by atoms with Gasteiger partial charge >= 0.3 is 37.7 Å². The van der Waals surface area contributed by atoms with E-state index in [2.05, 4.69) is 13.8 Å². The van der Waals surface area contributed by atoms with Crippen LogP contribution in [-0.4, -0.2) is 68.8 Å². The minimum Gasteiger partial charge on any atom is -0.872 e. The van der Waals surface area contributed by atoms with E-state index < -0.39 is 20.2 Å². The minimum atomic E-state index is -4.55. The summed E-state index contributed by atoms with van der Waals surface area (Å²) in [6.07, 6.45) is 15.9. The first-order valence-electron chi connectivity index (χ1n) is 17.9. The predicted molar refractivity (Wildman–Crippen MR) is 205 cm³/mol. The molecular weight excluding hydrogens is 745 g/mol. The van der Waals surface area contributed by atoms with Crippen LogP contribution in [0.4, 0.5) is 0 Å². The molecule has 4 aromatic carbocycles. The maximum absolute atomic E-state index is 11.9. The quantitative estimate of drug-likeness (QED) is 0.0499. The molecule has 0 aliphatic carbocycles. The molecule has 284 valence electrons. The summed E-state index contributed by atoms with van der Waals surface area (Å²) in [5.74, 6) is 1.21. The van der Waals surface area contributed by atoms with Crippen LogP contribution >= 0.6 is 0 Å². The van der Waals surface area contributed by atoms with E-state index >= 15 is 0 Å². The topological polar surface area (TPSA) is 173 Å². The normalized spacial score (nSPS) is 11.2. The number of benzene rings is 4. The first-order chi connectivity index (χ1) is 24.8. The van der Waals surface area contributed by atoms with Gasteiger partial charge in [-0.25, -0.2) is 8.42 Å². The molecule has 0 aromatic heterocycles. The van der Waals surface area contributed by atoms with Gasteiger partial charge in [0, 0.05) is 12.1 Å². The Morgan fingerprint density at radius 1 is 0.566 bits per heavy atom. The van der Waals surface area contributed by atoms with Crippen LogP contribution in [-0.2, 0) is 33.1 Å². The Bertz CT molecular complexity index is 1780. The molecule has 0 bridgehead atoms. The maximum Gasteiger partial charge on any atom is 2.00 e. The van der Waals surface area contributed by atoms with Crippen molar-refractivity contribution in [1.82, 2.24) is 0 Å². The summed E-state index contributed by atoms with van der Waals surface area (Å²) >= 11 is 0. The second-order valence-electron chi connectivity index (χ2n) is 12.8. The SMILES string of the molecule is CCCCCCCCc1cc(O)cc(Oc2cccc(S(=O)(=O)O)c2)c1.CCCCCCCCc1cc([O-])cc(Oc2cccc(S(=O)(=O)[O-])c2)c1.[Ca+2]. The number of hydrogen-bond donors (Lipinski definition) is 2. The first-order valence-corrected chi connectivity index (χ1v) is 20.7. The molecule has 0 spiro atoms. The first kappa shape index (κ1) is 46.3. The fraction of sp³-hybridized carbons (Fsp3) is 0.400. The Labute approximate surface area is 345 Å². The Hall–Kier alpha value is -2.84. The van der Waals surface area contributed by atoms with Crippen molar-refractivity contribution >= 4 is 58.0 Å². The Morgan fingerprint density at radius 3 is 1.53 bits per heavy atom. The molecule has 0 atom stereocenters. The molecule has 0 saturated heterocycles. The van der Waals surface area contributed by atoms with E-state index in [0.29, 0.717) is 11.5 Å². The monoisotopic (exact) mass is 794 g/mol. The minimum absolute atomic E-state index is 0. The molecule has 0 aliphatic heterocycles. The number of phenolic OH excluding ortho intramolecular Hbond substituents is 1. The molecule has 0 fully saturated rings. The number of rotatable bonds is 20. The van der Waals surface area contributed by atoms with Crippen molar-refractivity contribution in [3.63, 3.8) is 0 Å². The molecule has 0 amide bonds. The van der Waals surface area contributed by atoms with Crippen molar-refractivity contribution in [2.24, 2.45) is 0 Å². The van der Waals surface area contributed by atoms with Crippen molar-refractivity contribution in [2.45, 2.75) is 114 Å². The van der Waals surface area contributed by atoms with Crippen molar-refractivity contribution in [3.05, 3.63) is 96.1 Å². The van der Waals surface area contributed by atoms with Gasteiger partial charge < -0.3 is 24.2 Å². The Balaban J connectivity index is 0.000000360. The van der Waals surface area contributed by atoms with Gasteiger partial charge in [-0.05, 0) is 91.4 Å². The predicted octanol–water partition coefficient (Wildman–Crippen LogP) is 9.31. The summed E-state index contributed by atoms with van der Waals surface area (Å²) in [4.78, 5) is -0.594. The number of hydrogen-bond acceptors (Lipinski definition) is 9. The zero-order valence-electron chi connectivity index (χ0n) is 30.7. The maximum atomic E-state index is 11.9. The average molecular weight is 795 g/mol. The third-order valence-electron chi connectivity index (χ3n) is 8.20. The van der Waals surface area contributed by atoms with Gasteiger partial charge in [-0.15, -0.1) is 5.75 Å². The molecule has 13 heteroatoms. The molecule has 0 aliphatic rings. The van der Waals surface area contributed by atoms with Gasteiger partial charge in [0.25, 0.3) is 10.1 Å². The second kappa shape index (κ2) is 23.8. The number of unbranched alkanes of at least 4 members (excludes halogenated alkanes) is 10. The van der Waals surface area contributed by atoms with E-state index in [1.54, 1.807) is 30.3 Å². The average Bonchev–Trinajstić information content (AvgIpc) is 3.07. The van der Waals surface area contributed by atoms with Crippen LogP contribution in [0, 0.1) is 0 Å². The van der Waals surface area contributed by atoms with Crippen LogP contribution in [0.5, 0.6) is 34.5 Å². The molecule has 4 rings (SSSR count). The van der Waals surface area contributed by atoms with E-state index in [1.807, 2.05) is 6.07 Å². The third kappa shape index (κ3) is 18.4. The zero-order chi connectivity index (χ0) is 38.0. The fourth-order valence-electron chi connectivity index (χ4n) is 5.56. The van der Waals surface area contributed by atoms with E-state index in [9.17, 15) is 31.6 Å². The van der Waals surface area contributed by atoms with Crippen LogP contribution in [0.2, 0.25) is 0 Å². The fourth-order valence-corrected chi connectivity index (χ4v) is 6.58. The second-order valence-corrected chi connectivity index (χ2v) is 15.6.